The number of nitrogens with one attached hydrogen (secondary N) is 1. The third-order valence-electron chi connectivity index (χ3n) is 3.88. The lowest BCUT2D eigenvalue weighted by Crippen LogP contribution is -2.33. The van der Waals surface area contributed by atoms with Gasteiger partial charge in [-0.15, -0.1) is 0 Å². The molecule has 1 aliphatic carbocycles. The second kappa shape index (κ2) is 4.38. The van der Waals surface area contributed by atoms with Crippen LogP contribution in [0.15, 0.2) is 16.6 Å². The molecule has 2 nitrogen and oxygen atoms in total. The number of rotatable bonds is 1. The largest absolute Gasteiger partial charge is 0.416 e. The Kier molecular flexibility index (Phi) is 3.05. The van der Waals surface area contributed by atoms with Crippen LogP contribution in [-0.4, -0.2) is 6.04 Å². The first-order chi connectivity index (χ1) is 8.86. The van der Waals surface area contributed by atoms with Crippen molar-refractivity contribution in [3.05, 3.63) is 27.7 Å². The van der Waals surface area contributed by atoms with Gasteiger partial charge in [0.1, 0.15) is 0 Å². The second-order valence-corrected chi connectivity index (χ2v) is 6.20. The second-order valence-electron chi connectivity index (χ2n) is 5.35. The van der Waals surface area contributed by atoms with Gasteiger partial charge in [0.2, 0.25) is 0 Å². The zero-order valence-corrected chi connectivity index (χ0v) is 11.7. The normalized spacial score (nSPS) is 26.8. The maximum absolute atomic E-state index is 12.8. The number of alkyl halides is 3. The highest BCUT2D eigenvalue weighted by Crippen LogP contribution is 2.46. The Morgan fingerprint density at radius 3 is 2.53 bits per heavy atom. The van der Waals surface area contributed by atoms with Crippen molar-refractivity contribution in [3.63, 3.8) is 0 Å². The van der Waals surface area contributed by atoms with Crippen molar-refractivity contribution in [1.29, 1.82) is 0 Å². The molecule has 0 spiro atoms. The van der Waals surface area contributed by atoms with Crippen LogP contribution >= 0.6 is 15.9 Å². The molecule has 1 aliphatic heterocycles. The first-order valence-electron chi connectivity index (χ1n) is 6.29. The van der Waals surface area contributed by atoms with Crippen molar-refractivity contribution >= 4 is 21.6 Å². The van der Waals surface area contributed by atoms with Gasteiger partial charge in [-0.2, -0.15) is 13.2 Å². The maximum Gasteiger partial charge on any atom is 0.416 e. The molecule has 19 heavy (non-hydrogen) atoms. The van der Waals surface area contributed by atoms with Crippen LogP contribution in [0.1, 0.15) is 36.4 Å². The van der Waals surface area contributed by atoms with Gasteiger partial charge in [0.15, 0.2) is 0 Å². The van der Waals surface area contributed by atoms with Gasteiger partial charge in [0, 0.05) is 16.6 Å². The van der Waals surface area contributed by atoms with Crippen LogP contribution in [0.2, 0.25) is 0 Å². The molecular formula is C13H14BrF3N2. The number of benzene rings is 1. The highest BCUT2D eigenvalue weighted by molar-refractivity contribution is 9.10. The van der Waals surface area contributed by atoms with Crippen LogP contribution in [0, 0.1) is 5.92 Å². The zero-order valence-electron chi connectivity index (χ0n) is 10.1. The van der Waals surface area contributed by atoms with Crippen molar-refractivity contribution in [3.8, 4) is 0 Å². The fraction of sp³-hybridized carbons (Fsp3) is 0.538. The van der Waals surface area contributed by atoms with Gasteiger partial charge in [-0.1, -0.05) is 0 Å². The van der Waals surface area contributed by atoms with Crippen molar-refractivity contribution in [1.82, 2.24) is 0 Å². The molecule has 0 saturated heterocycles. The molecule has 3 rings (SSSR count). The zero-order chi connectivity index (χ0) is 13.8. The van der Waals surface area contributed by atoms with Gasteiger partial charge in [-0.25, -0.2) is 0 Å². The maximum atomic E-state index is 12.8. The molecule has 0 amide bonds. The molecule has 1 aromatic carbocycles. The van der Waals surface area contributed by atoms with E-state index in [0.717, 1.165) is 11.8 Å². The van der Waals surface area contributed by atoms with E-state index < -0.39 is 11.7 Å². The third-order valence-corrected chi connectivity index (χ3v) is 4.50. The smallest absolute Gasteiger partial charge is 0.381 e. The molecule has 0 aromatic heterocycles. The van der Waals surface area contributed by atoms with Crippen LogP contribution in [0.4, 0.5) is 18.9 Å². The van der Waals surface area contributed by atoms with Crippen LogP contribution in [0.5, 0.6) is 0 Å². The minimum Gasteiger partial charge on any atom is -0.381 e. The molecule has 104 valence electrons. The Balaban J connectivity index is 2.00. The highest BCUT2D eigenvalue weighted by Gasteiger charge is 2.38. The Bertz CT molecular complexity index is 511. The van der Waals surface area contributed by atoms with Gasteiger partial charge < -0.3 is 11.1 Å². The Labute approximate surface area is 117 Å². The average Bonchev–Trinajstić information content (AvgIpc) is 3.12. The predicted octanol–water partition coefficient (Wildman–Crippen LogP) is 4.06. The molecule has 2 aliphatic rings. The van der Waals surface area contributed by atoms with E-state index >= 15 is 0 Å². The molecular weight excluding hydrogens is 321 g/mol. The van der Waals surface area contributed by atoms with Crippen molar-refractivity contribution in [2.75, 3.05) is 5.32 Å². The summed E-state index contributed by atoms with van der Waals surface area (Å²) in [5, 5.41) is 3.34. The van der Waals surface area contributed by atoms with Gasteiger partial charge in [-0.05, 0) is 58.8 Å². The van der Waals surface area contributed by atoms with E-state index in [2.05, 4.69) is 21.2 Å². The molecule has 3 N–H and O–H groups in total. The third kappa shape index (κ3) is 2.48. The molecule has 0 unspecified atom stereocenters. The summed E-state index contributed by atoms with van der Waals surface area (Å²) in [6.45, 7) is 0. The number of hydrogen-bond acceptors (Lipinski definition) is 2. The van der Waals surface area contributed by atoms with E-state index in [-0.39, 0.29) is 12.1 Å². The topological polar surface area (TPSA) is 38.0 Å². The Morgan fingerprint density at radius 2 is 1.95 bits per heavy atom. The SMILES string of the molecule is N[C@@H]1C[C@H](C2CC2)Nc2c(Br)cc(C(F)(F)F)cc21. The number of hydrogen-bond donors (Lipinski definition) is 2. The summed E-state index contributed by atoms with van der Waals surface area (Å²) >= 11 is 3.23. The quantitative estimate of drug-likeness (QED) is 0.812. The number of nitrogens with two attached hydrogens (primary N) is 1. The fourth-order valence-corrected chi connectivity index (χ4v) is 3.28. The number of fused-ring (bicyclic) bond motifs is 1. The molecule has 1 fully saturated rings. The van der Waals surface area contributed by atoms with Gasteiger partial charge >= 0.3 is 6.18 Å². The Morgan fingerprint density at radius 1 is 1.26 bits per heavy atom. The molecule has 0 radical (unpaired) electrons. The monoisotopic (exact) mass is 334 g/mol. The number of anilines is 1. The van der Waals surface area contributed by atoms with E-state index in [1.165, 1.54) is 18.9 Å². The van der Waals surface area contributed by atoms with E-state index in [4.69, 9.17) is 5.73 Å². The lowest BCUT2D eigenvalue weighted by molar-refractivity contribution is -0.137. The predicted molar refractivity (Wildman–Crippen MR) is 70.8 cm³/mol. The first-order valence-corrected chi connectivity index (χ1v) is 7.08. The van der Waals surface area contributed by atoms with Gasteiger partial charge in [0.25, 0.3) is 0 Å². The Hall–Kier alpha value is -0.750. The van der Waals surface area contributed by atoms with Crippen LogP contribution in [0.25, 0.3) is 0 Å². The molecule has 1 saturated carbocycles. The van der Waals surface area contributed by atoms with Crippen molar-refractivity contribution in [2.24, 2.45) is 11.7 Å². The van der Waals surface area contributed by atoms with E-state index in [9.17, 15) is 13.2 Å². The van der Waals surface area contributed by atoms with Crippen molar-refractivity contribution in [2.45, 2.75) is 37.5 Å². The fourth-order valence-electron chi connectivity index (χ4n) is 2.69. The first kappa shape index (κ1) is 13.2. The highest BCUT2D eigenvalue weighted by atomic mass is 79.9. The summed E-state index contributed by atoms with van der Waals surface area (Å²) in [4.78, 5) is 0. The summed E-state index contributed by atoms with van der Waals surface area (Å²) in [6.07, 6.45) is -1.29. The molecule has 0 bridgehead atoms. The summed E-state index contributed by atoms with van der Waals surface area (Å²) in [7, 11) is 0. The lowest BCUT2D eigenvalue weighted by Gasteiger charge is -2.33. The van der Waals surface area contributed by atoms with E-state index in [1.807, 2.05) is 0 Å². The summed E-state index contributed by atoms with van der Waals surface area (Å²) in [6, 6.07) is 2.24. The van der Waals surface area contributed by atoms with Crippen molar-refractivity contribution < 1.29 is 13.2 Å². The van der Waals surface area contributed by atoms with Gasteiger partial charge in [-0.3, -0.25) is 0 Å². The lowest BCUT2D eigenvalue weighted by atomic mass is 9.90. The molecule has 1 heterocycles. The minimum atomic E-state index is -4.34. The molecule has 2 atom stereocenters. The molecule has 6 heteroatoms. The number of halogens is 4. The van der Waals surface area contributed by atoms with Crippen LogP contribution in [-0.2, 0) is 6.18 Å². The van der Waals surface area contributed by atoms with E-state index in [0.29, 0.717) is 22.4 Å². The summed E-state index contributed by atoms with van der Waals surface area (Å²) in [5.74, 6) is 0.619. The summed E-state index contributed by atoms with van der Waals surface area (Å²) in [5.41, 5.74) is 6.68. The van der Waals surface area contributed by atoms with E-state index in [1.54, 1.807) is 0 Å². The average molecular weight is 335 g/mol. The summed E-state index contributed by atoms with van der Waals surface area (Å²) < 4.78 is 38.8. The minimum absolute atomic E-state index is 0.288. The van der Waals surface area contributed by atoms with Crippen LogP contribution in [0.3, 0.4) is 0 Å². The van der Waals surface area contributed by atoms with Gasteiger partial charge in [0.05, 0.1) is 11.3 Å². The van der Waals surface area contributed by atoms with Crippen LogP contribution < -0.4 is 11.1 Å². The molecule has 1 aromatic rings. The standard InChI is InChI=1S/C13H14BrF3N2/c14-9-4-7(13(15,16)17)3-8-10(18)5-11(6-1-2-6)19-12(8)9/h3-4,6,10-11,19H,1-2,5,18H2/t10-,11-/m1/s1.